The molecule has 96 valence electrons. The Hall–Kier alpha value is -1.08. The van der Waals surface area contributed by atoms with Gasteiger partial charge in [0.2, 0.25) is 0 Å². The first kappa shape index (κ1) is 12.0. The number of fused-ring (bicyclic) bond motifs is 2. The predicted molar refractivity (Wildman–Crippen MR) is 77.4 cm³/mol. The van der Waals surface area contributed by atoms with Gasteiger partial charge in [0.15, 0.2) is 0 Å². The second-order valence-corrected chi connectivity index (χ2v) is 5.71. The molecule has 4 rings (SSSR count). The highest BCUT2D eigenvalue weighted by molar-refractivity contribution is 5.72. The molecule has 1 heteroatoms. The van der Waals surface area contributed by atoms with Crippen LogP contribution in [0, 0.1) is 11.8 Å². The molecule has 0 saturated heterocycles. The Kier molecular flexibility index (Phi) is 3.51. The van der Waals surface area contributed by atoms with Crippen molar-refractivity contribution in [3.05, 3.63) is 41.5 Å². The molecule has 1 nitrogen and oxygen atoms in total. The molecule has 0 aliphatic heterocycles. The van der Waals surface area contributed by atoms with Gasteiger partial charge in [-0.3, -0.25) is 0 Å². The van der Waals surface area contributed by atoms with Crippen molar-refractivity contribution in [3.63, 3.8) is 0 Å². The lowest BCUT2D eigenvalue weighted by Crippen LogP contribution is -2.27. The van der Waals surface area contributed by atoms with Crippen LogP contribution in [0.25, 0.3) is 5.57 Å². The van der Waals surface area contributed by atoms with E-state index in [1.165, 1.54) is 37.7 Å². The highest BCUT2D eigenvalue weighted by atomic mass is 14.8. The van der Waals surface area contributed by atoms with Crippen LogP contribution < -0.4 is 5.32 Å². The highest BCUT2D eigenvalue weighted by Gasteiger charge is 2.34. The van der Waals surface area contributed by atoms with Gasteiger partial charge >= 0.3 is 0 Å². The largest absolute Gasteiger partial charge is 0.319 e. The van der Waals surface area contributed by atoms with Gasteiger partial charge in [0.05, 0.1) is 0 Å². The maximum absolute atomic E-state index is 3.31. The number of hydrogen-bond donors (Lipinski definition) is 1. The summed E-state index contributed by atoms with van der Waals surface area (Å²) in [6.45, 7) is 1.12. The van der Waals surface area contributed by atoms with E-state index in [1.54, 1.807) is 11.1 Å². The molecule has 3 aliphatic rings. The molecule has 1 aromatic carbocycles. The van der Waals surface area contributed by atoms with Crippen molar-refractivity contribution in [2.75, 3.05) is 13.6 Å². The van der Waals surface area contributed by atoms with E-state index in [1.807, 2.05) is 0 Å². The van der Waals surface area contributed by atoms with Gasteiger partial charge < -0.3 is 5.32 Å². The van der Waals surface area contributed by atoms with Crippen LogP contribution in [0.4, 0.5) is 0 Å². The van der Waals surface area contributed by atoms with Crippen LogP contribution in [0.1, 0.15) is 37.7 Å². The summed E-state index contributed by atoms with van der Waals surface area (Å²) in [5.41, 5.74) is 4.95. The molecule has 1 aromatic rings. The molecule has 0 unspecified atom stereocenters. The van der Waals surface area contributed by atoms with Crippen molar-refractivity contribution in [1.82, 2.24) is 5.32 Å². The molecule has 0 atom stereocenters. The quantitative estimate of drug-likeness (QED) is 0.843. The summed E-state index contributed by atoms with van der Waals surface area (Å²) in [6.07, 6.45) is 6.93. The highest BCUT2D eigenvalue weighted by Crippen LogP contribution is 2.50. The predicted octanol–water partition coefficient (Wildman–Crippen LogP) is 3.87. The summed E-state index contributed by atoms with van der Waals surface area (Å²) in [7, 11) is 2.06. The van der Waals surface area contributed by atoms with Crippen molar-refractivity contribution in [3.8, 4) is 0 Å². The third kappa shape index (κ3) is 2.12. The third-order valence-electron chi connectivity index (χ3n) is 4.70. The van der Waals surface area contributed by atoms with Crippen LogP contribution in [-0.4, -0.2) is 13.6 Å². The fourth-order valence-electron chi connectivity index (χ4n) is 3.85. The van der Waals surface area contributed by atoms with Crippen LogP contribution in [0.15, 0.2) is 35.9 Å². The Morgan fingerprint density at radius 2 is 1.67 bits per heavy atom. The second-order valence-electron chi connectivity index (χ2n) is 5.71. The average molecular weight is 241 g/mol. The minimum atomic E-state index is 0.837. The zero-order valence-corrected chi connectivity index (χ0v) is 11.3. The van der Waals surface area contributed by atoms with E-state index in [9.17, 15) is 0 Å². The van der Waals surface area contributed by atoms with Gasteiger partial charge in [0.25, 0.3) is 0 Å². The molecule has 3 aliphatic carbocycles. The lowest BCUT2D eigenvalue weighted by molar-refractivity contribution is 0.317. The van der Waals surface area contributed by atoms with Gasteiger partial charge in [0, 0.05) is 0 Å². The van der Waals surface area contributed by atoms with Crippen LogP contribution >= 0.6 is 0 Å². The van der Waals surface area contributed by atoms with E-state index in [4.69, 9.17) is 0 Å². The number of allylic oxidation sites excluding steroid dienone is 1. The van der Waals surface area contributed by atoms with Crippen molar-refractivity contribution >= 4 is 5.57 Å². The molecule has 0 aromatic heterocycles. The lowest BCUT2D eigenvalue weighted by Gasteiger charge is -2.41. The molecular formula is C17H23N. The summed E-state index contributed by atoms with van der Waals surface area (Å²) < 4.78 is 0. The van der Waals surface area contributed by atoms with E-state index in [-0.39, 0.29) is 0 Å². The molecule has 0 amide bonds. The molecule has 2 bridgehead atoms. The van der Waals surface area contributed by atoms with E-state index in [2.05, 4.69) is 42.7 Å². The molecule has 0 heterocycles. The third-order valence-corrected chi connectivity index (χ3v) is 4.70. The second kappa shape index (κ2) is 5.27. The summed E-state index contributed by atoms with van der Waals surface area (Å²) >= 11 is 0. The van der Waals surface area contributed by atoms with Crippen LogP contribution in [-0.2, 0) is 0 Å². The first-order chi connectivity index (χ1) is 8.90. The standard InChI is InChI=1S/C17H23N/c1-18-12-11-16-13-7-9-15(10-8-13)17(16)14-5-3-2-4-6-14/h2-6,13,15,18H,7-12H2,1H3. The fraction of sp³-hybridized carbons (Fsp3) is 0.529. The van der Waals surface area contributed by atoms with Gasteiger partial charge in [-0.2, -0.15) is 0 Å². The van der Waals surface area contributed by atoms with E-state index in [0.29, 0.717) is 0 Å². The van der Waals surface area contributed by atoms with Gasteiger partial charge in [-0.15, -0.1) is 0 Å². The minimum Gasteiger partial charge on any atom is -0.319 e. The van der Waals surface area contributed by atoms with Crippen molar-refractivity contribution in [2.24, 2.45) is 11.8 Å². The van der Waals surface area contributed by atoms with Crippen LogP contribution in [0.3, 0.4) is 0 Å². The van der Waals surface area contributed by atoms with Crippen LogP contribution in [0.5, 0.6) is 0 Å². The zero-order chi connectivity index (χ0) is 12.4. The molecule has 18 heavy (non-hydrogen) atoms. The average Bonchev–Trinajstić information content (AvgIpc) is 2.46. The molecular weight excluding hydrogens is 218 g/mol. The monoisotopic (exact) mass is 241 g/mol. The number of hydrogen-bond acceptors (Lipinski definition) is 1. The molecule has 0 spiro atoms. The Labute approximate surface area is 110 Å². The fourth-order valence-corrected chi connectivity index (χ4v) is 3.85. The van der Waals surface area contributed by atoms with Crippen molar-refractivity contribution < 1.29 is 0 Å². The maximum Gasteiger partial charge on any atom is -0.00143 e. The Balaban J connectivity index is 1.99. The van der Waals surface area contributed by atoms with Crippen LogP contribution in [0.2, 0.25) is 0 Å². The molecule has 1 saturated carbocycles. The zero-order valence-electron chi connectivity index (χ0n) is 11.3. The Bertz CT molecular complexity index is 424. The number of benzene rings is 1. The Morgan fingerprint density at radius 1 is 1.00 bits per heavy atom. The minimum absolute atomic E-state index is 0.837. The summed E-state index contributed by atoms with van der Waals surface area (Å²) in [6, 6.07) is 11.1. The molecule has 1 fully saturated rings. The summed E-state index contributed by atoms with van der Waals surface area (Å²) in [5.74, 6) is 1.71. The summed E-state index contributed by atoms with van der Waals surface area (Å²) in [4.78, 5) is 0. The first-order valence-corrected chi connectivity index (χ1v) is 7.33. The number of nitrogens with one attached hydrogen (secondary N) is 1. The molecule has 1 N–H and O–H groups in total. The van der Waals surface area contributed by atoms with Crippen molar-refractivity contribution in [1.29, 1.82) is 0 Å². The smallest absolute Gasteiger partial charge is 0.00143 e. The van der Waals surface area contributed by atoms with Gasteiger partial charge in [-0.05, 0) is 68.7 Å². The van der Waals surface area contributed by atoms with E-state index < -0.39 is 0 Å². The number of rotatable bonds is 4. The molecule has 0 radical (unpaired) electrons. The summed E-state index contributed by atoms with van der Waals surface area (Å²) in [5, 5.41) is 3.31. The van der Waals surface area contributed by atoms with E-state index >= 15 is 0 Å². The maximum atomic E-state index is 3.31. The first-order valence-electron chi connectivity index (χ1n) is 7.33. The lowest BCUT2D eigenvalue weighted by atomic mass is 9.64. The normalized spacial score (nSPS) is 26.7. The van der Waals surface area contributed by atoms with E-state index in [0.717, 1.165) is 18.4 Å². The van der Waals surface area contributed by atoms with Gasteiger partial charge in [-0.25, -0.2) is 0 Å². The Morgan fingerprint density at radius 3 is 2.33 bits per heavy atom. The van der Waals surface area contributed by atoms with Gasteiger partial charge in [-0.1, -0.05) is 35.9 Å². The SMILES string of the molecule is CNCCC1=C(c2ccccc2)C2CCC1CC2. The topological polar surface area (TPSA) is 12.0 Å². The van der Waals surface area contributed by atoms with Gasteiger partial charge in [0.1, 0.15) is 0 Å². The van der Waals surface area contributed by atoms with Crippen molar-refractivity contribution in [2.45, 2.75) is 32.1 Å².